The molecule has 1 atom stereocenters. The van der Waals surface area contributed by atoms with Crippen molar-refractivity contribution in [1.82, 2.24) is 5.32 Å². The Hall–Kier alpha value is -3.00. The third-order valence-corrected chi connectivity index (χ3v) is 4.86. The van der Waals surface area contributed by atoms with Crippen LogP contribution >= 0.6 is 11.8 Å². The van der Waals surface area contributed by atoms with E-state index in [0.29, 0.717) is 23.4 Å². The molecule has 8 heteroatoms. The van der Waals surface area contributed by atoms with E-state index in [0.717, 1.165) is 11.3 Å². The predicted molar refractivity (Wildman–Crippen MR) is 118 cm³/mol. The molecule has 0 heterocycles. The van der Waals surface area contributed by atoms with E-state index in [1.807, 2.05) is 25.3 Å². The Morgan fingerprint density at radius 1 is 1.10 bits per heavy atom. The molecule has 0 radical (unpaired) electrons. The fraction of sp³-hybridized carbons (Fsp3) is 0.318. The van der Waals surface area contributed by atoms with E-state index in [1.165, 1.54) is 7.11 Å². The second kappa shape index (κ2) is 11.9. The van der Waals surface area contributed by atoms with Crippen molar-refractivity contribution >= 4 is 35.2 Å². The Kier molecular flexibility index (Phi) is 9.21. The molecule has 0 saturated carbocycles. The lowest BCUT2D eigenvalue weighted by atomic mass is 10.1. The summed E-state index contributed by atoms with van der Waals surface area (Å²) in [6.07, 6.45) is 2.45. The summed E-state index contributed by atoms with van der Waals surface area (Å²) in [4.78, 5) is 36.5. The van der Waals surface area contributed by atoms with E-state index in [-0.39, 0.29) is 18.4 Å². The first-order chi connectivity index (χ1) is 14.4. The van der Waals surface area contributed by atoms with Crippen molar-refractivity contribution in [2.75, 3.05) is 31.0 Å². The maximum atomic E-state index is 12.8. The second-order valence-electron chi connectivity index (χ2n) is 6.56. The Morgan fingerprint density at radius 2 is 1.83 bits per heavy atom. The van der Waals surface area contributed by atoms with Crippen LogP contribution in [0.1, 0.15) is 22.3 Å². The zero-order valence-corrected chi connectivity index (χ0v) is 18.1. The third kappa shape index (κ3) is 7.44. The van der Waals surface area contributed by atoms with E-state index in [2.05, 4.69) is 15.4 Å². The first kappa shape index (κ1) is 23.3. The van der Waals surface area contributed by atoms with Gasteiger partial charge < -0.3 is 20.1 Å². The van der Waals surface area contributed by atoms with Crippen molar-refractivity contribution in [3.8, 4) is 5.75 Å². The van der Waals surface area contributed by atoms with Gasteiger partial charge in [-0.05, 0) is 61.8 Å². The van der Waals surface area contributed by atoms with E-state index in [9.17, 15) is 14.4 Å². The van der Waals surface area contributed by atoms with E-state index < -0.39 is 12.0 Å². The van der Waals surface area contributed by atoms with Crippen molar-refractivity contribution in [3.05, 3.63) is 59.7 Å². The molecule has 0 aliphatic carbocycles. The maximum absolute atomic E-state index is 12.8. The summed E-state index contributed by atoms with van der Waals surface area (Å²) in [5.74, 6) is 0.144. The summed E-state index contributed by atoms with van der Waals surface area (Å²) in [6, 6.07) is 13.2. The van der Waals surface area contributed by atoms with Gasteiger partial charge in [-0.3, -0.25) is 9.59 Å². The first-order valence-corrected chi connectivity index (χ1v) is 10.8. The summed E-state index contributed by atoms with van der Waals surface area (Å²) in [5.41, 5.74) is 2.05. The van der Waals surface area contributed by atoms with Gasteiger partial charge in [0, 0.05) is 11.3 Å². The van der Waals surface area contributed by atoms with Gasteiger partial charge in [-0.1, -0.05) is 17.7 Å². The molecule has 0 fully saturated rings. The minimum atomic E-state index is -0.666. The largest absolute Gasteiger partial charge is 0.482 e. The summed E-state index contributed by atoms with van der Waals surface area (Å²) in [5, 5.41) is 5.64. The minimum Gasteiger partial charge on any atom is -0.482 e. The highest BCUT2D eigenvalue weighted by atomic mass is 32.2. The highest BCUT2D eigenvalue weighted by Gasteiger charge is 2.21. The van der Waals surface area contributed by atoms with Crippen LogP contribution in [0.5, 0.6) is 5.75 Å². The van der Waals surface area contributed by atoms with Crippen LogP contribution in [0.15, 0.2) is 48.5 Å². The molecule has 0 bridgehead atoms. The Balaban J connectivity index is 2.00. The van der Waals surface area contributed by atoms with Gasteiger partial charge in [-0.15, -0.1) is 0 Å². The number of amides is 2. The lowest BCUT2D eigenvalue weighted by molar-refractivity contribution is -0.142. The highest BCUT2D eigenvalue weighted by Crippen LogP contribution is 2.16. The SMILES string of the molecule is COC(=O)COc1ccc(NC(=O)C(CCSC)NC(=O)c2cccc(C)c2)cc1. The number of esters is 1. The smallest absolute Gasteiger partial charge is 0.343 e. The predicted octanol–water partition coefficient (Wildman–Crippen LogP) is 3.04. The van der Waals surface area contributed by atoms with Gasteiger partial charge in [0.05, 0.1) is 7.11 Å². The van der Waals surface area contributed by atoms with Crippen molar-refractivity contribution in [2.24, 2.45) is 0 Å². The van der Waals surface area contributed by atoms with Crippen molar-refractivity contribution in [1.29, 1.82) is 0 Å². The molecule has 2 amide bonds. The van der Waals surface area contributed by atoms with Crippen molar-refractivity contribution in [2.45, 2.75) is 19.4 Å². The summed E-state index contributed by atoms with van der Waals surface area (Å²) >= 11 is 1.60. The van der Waals surface area contributed by atoms with Crippen LogP contribution < -0.4 is 15.4 Å². The van der Waals surface area contributed by atoms with Crippen LogP contribution in [0, 0.1) is 6.92 Å². The fourth-order valence-corrected chi connectivity index (χ4v) is 3.07. The standard InChI is InChI=1S/C22H26N2O5S/c1-15-5-4-6-16(13-15)21(26)24-19(11-12-30-3)22(27)23-17-7-9-18(10-8-17)29-14-20(25)28-2/h4-10,13,19H,11-12,14H2,1-3H3,(H,23,27)(H,24,26). The van der Waals surface area contributed by atoms with E-state index >= 15 is 0 Å². The van der Waals surface area contributed by atoms with E-state index in [4.69, 9.17) is 4.74 Å². The van der Waals surface area contributed by atoms with Crippen LogP contribution in [0.4, 0.5) is 5.69 Å². The van der Waals surface area contributed by atoms with Crippen LogP contribution in [0.3, 0.4) is 0 Å². The third-order valence-electron chi connectivity index (χ3n) is 4.22. The monoisotopic (exact) mass is 430 g/mol. The van der Waals surface area contributed by atoms with Gasteiger partial charge in [0.15, 0.2) is 6.61 Å². The lowest BCUT2D eigenvalue weighted by Crippen LogP contribution is -2.44. The van der Waals surface area contributed by atoms with Gasteiger partial charge >= 0.3 is 5.97 Å². The van der Waals surface area contributed by atoms with E-state index in [1.54, 1.807) is 48.2 Å². The molecule has 2 rings (SSSR count). The molecule has 2 aromatic carbocycles. The quantitative estimate of drug-likeness (QED) is 0.563. The van der Waals surface area contributed by atoms with Gasteiger partial charge in [0.2, 0.25) is 5.91 Å². The molecule has 0 aromatic heterocycles. The topological polar surface area (TPSA) is 93.7 Å². The molecule has 7 nitrogen and oxygen atoms in total. The summed E-state index contributed by atoms with van der Waals surface area (Å²) in [6.45, 7) is 1.72. The number of hydrogen-bond donors (Lipinski definition) is 2. The van der Waals surface area contributed by atoms with Crippen LogP contribution in [0.2, 0.25) is 0 Å². The number of aryl methyl sites for hydroxylation is 1. The lowest BCUT2D eigenvalue weighted by Gasteiger charge is -2.18. The van der Waals surface area contributed by atoms with Gasteiger partial charge in [0.1, 0.15) is 11.8 Å². The zero-order chi connectivity index (χ0) is 21.9. The number of benzene rings is 2. The molecule has 0 saturated heterocycles. The number of nitrogens with one attached hydrogen (secondary N) is 2. The normalized spacial score (nSPS) is 11.3. The fourth-order valence-electron chi connectivity index (χ4n) is 2.60. The molecule has 0 aliphatic heterocycles. The Labute approximate surface area is 180 Å². The Bertz CT molecular complexity index is 870. The van der Waals surface area contributed by atoms with Gasteiger partial charge in [0.25, 0.3) is 5.91 Å². The van der Waals surface area contributed by atoms with Gasteiger partial charge in [-0.2, -0.15) is 11.8 Å². The number of thioether (sulfide) groups is 1. The molecule has 2 aromatic rings. The average molecular weight is 431 g/mol. The average Bonchev–Trinajstić information content (AvgIpc) is 2.75. The molecular formula is C22H26N2O5S. The molecule has 30 heavy (non-hydrogen) atoms. The number of hydrogen-bond acceptors (Lipinski definition) is 6. The molecular weight excluding hydrogens is 404 g/mol. The van der Waals surface area contributed by atoms with Crippen molar-refractivity contribution in [3.63, 3.8) is 0 Å². The molecule has 0 aliphatic rings. The molecule has 1 unspecified atom stereocenters. The molecule has 0 spiro atoms. The number of anilines is 1. The number of ether oxygens (including phenoxy) is 2. The number of methoxy groups -OCH3 is 1. The minimum absolute atomic E-state index is 0.191. The van der Waals surface area contributed by atoms with Crippen LogP contribution in [-0.4, -0.2) is 49.6 Å². The highest BCUT2D eigenvalue weighted by molar-refractivity contribution is 7.98. The first-order valence-electron chi connectivity index (χ1n) is 9.40. The molecule has 2 N–H and O–H groups in total. The van der Waals surface area contributed by atoms with Crippen molar-refractivity contribution < 1.29 is 23.9 Å². The summed E-state index contributed by atoms with van der Waals surface area (Å²) in [7, 11) is 1.29. The van der Waals surface area contributed by atoms with Crippen LogP contribution in [-0.2, 0) is 14.3 Å². The van der Waals surface area contributed by atoms with Gasteiger partial charge in [-0.25, -0.2) is 4.79 Å². The number of carbonyl (C=O) groups excluding carboxylic acids is 3. The Morgan fingerprint density at radius 3 is 2.47 bits per heavy atom. The zero-order valence-electron chi connectivity index (χ0n) is 17.3. The maximum Gasteiger partial charge on any atom is 0.343 e. The van der Waals surface area contributed by atoms with Crippen LogP contribution in [0.25, 0.3) is 0 Å². The second-order valence-corrected chi connectivity index (χ2v) is 7.54. The number of carbonyl (C=O) groups is 3. The summed E-state index contributed by atoms with van der Waals surface area (Å²) < 4.78 is 9.80. The molecule has 160 valence electrons. The number of rotatable bonds is 10.